The standard InChI is InChI=1S/C10H6F3NOS2/c11-6-3-5(4-7(12)9(6)13)14-8(15)1-2-17-10(14)16/h3-4H,1-2H2. The normalized spacial score (nSPS) is 16.5. The van der Waals surface area contributed by atoms with E-state index in [1.54, 1.807) is 0 Å². The van der Waals surface area contributed by atoms with E-state index in [1.807, 2.05) is 0 Å². The fourth-order valence-electron chi connectivity index (χ4n) is 1.42. The molecule has 1 amide bonds. The minimum atomic E-state index is -1.56. The Morgan fingerprint density at radius 2 is 1.82 bits per heavy atom. The summed E-state index contributed by atoms with van der Waals surface area (Å²) in [5, 5.41) is 0. The van der Waals surface area contributed by atoms with Crippen LogP contribution in [0.1, 0.15) is 6.42 Å². The fraction of sp³-hybridized carbons (Fsp3) is 0.200. The van der Waals surface area contributed by atoms with E-state index in [2.05, 4.69) is 0 Å². The summed E-state index contributed by atoms with van der Waals surface area (Å²) < 4.78 is 39.1. The Kier molecular flexibility index (Phi) is 3.39. The number of hydrogen-bond donors (Lipinski definition) is 0. The van der Waals surface area contributed by atoms with Gasteiger partial charge in [0.25, 0.3) is 0 Å². The van der Waals surface area contributed by atoms with Gasteiger partial charge >= 0.3 is 0 Å². The van der Waals surface area contributed by atoms with Crippen LogP contribution in [-0.2, 0) is 4.79 Å². The largest absolute Gasteiger partial charge is 0.274 e. The Balaban J connectivity index is 2.45. The molecule has 1 saturated heterocycles. The Bertz CT molecular complexity index is 467. The Morgan fingerprint density at radius 3 is 2.35 bits per heavy atom. The van der Waals surface area contributed by atoms with Gasteiger partial charge in [0.05, 0.1) is 5.69 Å². The van der Waals surface area contributed by atoms with Gasteiger partial charge in [0.1, 0.15) is 4.32 Å². The third-order valence-corrected chi connectivity index (χ3v) is 3.57. The molecule has 90 valence electrons. The van der Waals surface area contributed by atoms with Crippen molar-refractivity contribution in [2.24, 2.45) is 0 Å². The Hall–Kier alpha value is -1.08. The number of hydrogen-bond acceptors (Lipinski definition) is 3. The number of carbonyl (C=O) groups is 1. The summed E-state index contributed by atoms with van der Waals surface area (Å²) in [5.41, 5.74) is -0.0800. The topological polar surface area (TPSA) is 20.3 Å². The summed E-state index contributed by atoms with van der Waals surface area (Å²) in [6, 6.07) is 1.52. The fourth-order valence-corrected chi connectivity index (χ4v) is 2.67. The van der Waals surface area contributed by atoms with Crippen molar-refractivity contribution in [3.05, 3.63) is 29.6 Å². The van der Waals surface area contributed by atoms with Gasteiger partial charge < -0.3 is 0 Å². The van der Waals surface area contributed by atoms with Crippen molar-refractivity contribution >= 4 is 39.9 Å². The molecule has 0 aromatic heterocycles. The van der Waals surface area contributed by atoms with Gasteiger partial charge in [-0.1, -0.05) is 24.0 Å². The monoisotopic (exact) mass is 277 g/mol. The molecule has 0 atom stereocenters. The summed E-state index contributed by atoms with van der Waals surface area (Å²) in [4.78, 5) is 12.6. The molecule has 0 bridgehead atoms. The van der Waals surface area contributed by atoms with Gasteiger partial charge in [-0.25, -0.2) is 13.2 Å². The highest BCUT2D eigenvalue weighted by molar-refractivity contribution is 8.23. The molecule has 1 fully saturated rings. The molecule has 1 aliphatic heterocycles. The molecule has 1 heterocycles. The number of thiocarbonyl (C=S) groups is 1. The van der Waals surface area contributed by atoms with Crippen molar-refractivity contribution in [3.8, 4) is 0 Å². The molecule has 2 nitrogen and oxygen atoms in total. The average molecular weight is 277 g/mol. The maximum atomic E-state index is 13.0. The van der Waals surface area contributed by atoms with Gasteiger partial charge in [-0.05, 0) is 0 Å². The predicted octanol–water partition coefficient (Wildman–Crippen LogP) is 2.86. The van der Waals surface area contributed by atoms with Gasteiger partial charge in [-0.15, -0.1) is 0 Å². The van der Waals surface area contributed by atoms with Crippen LogP contribution in [0.3, 0.4) is 0 Å². The van der Waals surface area contributed by atoms with E-state index < -0.39 is 17.5 Å². The molecule has 0 spiro atoms. The number of anilines is 1. The first-order valence-corrected chi connectivity index (χ1v) is 6.04. The van der Waals surface area contributed by atoms with E-state index in [4.69, 9.17) is 12.2 Å². The Labute approximate surface area is 105 Å². The first-order chi connectivity index (χ1) is 8.00. The van der Waals surface area contributed by atoms with E-state index in [9.17, 15) is 18.0 Å². The number of thioether (sulfide) groups is 1. The van der Waals surface area contributed by atoms with Crippen molar-refractivity contribution in [2.45, 2.75) is 6.42 Å². The highest BCUT2D eigenvalue weighted by atomic mass is 32.2. The van der Waals surface area contributed by atoms with Crippen molar-refractivity contribution in [3.63, 3.8) is 0 Å². The number of carbonyl (C=O) groups excluding carboxylic acids is 1. The van der Waals surface area contributed by atoms with E-state index in [0.717, 1.165) is 17.0 Å². The summed E-state index contributed by atoms with van der Waals surface area (Å²) in [7, 11) is 0. The Morgan fingerprint density at radius 1 is 1.24 bits per heavy atom. The lowest BCUT2D eigenvalue weighted by atomic mass is 10.2. The van der Waals surface area contributed by atoms with Gasteiger partial charge in [0.2, 0.25) is 5.91 Å². The molecule has 1 aliphatic rings. The number of nitrogens with zero attached hydrogens (tertiary/aromatic N) is 1. The lowest BCUT2D eigenvalue weighted by Gasteiger charge is -2.26. The molecule has 1 aromatic carbocycles. The number of amides is 1. The molecule has 1 aromatic rings. The zero-order chi connectivity index (χ0) is 12.6. The SMILES string of the molecule is O=C1CCSC(=S)N1c1cc(F)c(F)c(F)c1. The smallest absolute Gasteiger partial charge is 0.233 e. The molecule has 17 heavy (non-hydrogen) atoms. The van der Waals surface area contributed by atoms with Crippen LogP contribution in [0.4, 0.5) is 18.9 Å². The average Bonchev–Trinajstić information content (AvgIpc) is 2.25. The first-order valence-electron chi connectivity index (χ1n) is 4.65. The van der Waals surface area contributed by atoms with E-state index in [1.165, 1.54) is 11.8 Å². The summed E-state index contributed by atoms with van der Waals surface area (Å²) in [5.74, 6) is -4.05. The third kappa shape index (κ3) is 2.30. The second-order valence-electron chi connectivity index (χ2n) is 3.32. The van der Waals surface area contributed by atoms with Crippen LogP contribution in [0.15, 0.2) is 12.1 Å². The van der Waals surface area contributed by atoms with Crippen LogP contribution in [0, 0.1) is 17.5 Å². The van der Waals surface area contributed by atoms with Crippen LogP contribution in [0.2, 0.25) is 0 Å². The van der Waals surface area contributed by atoms with Crippen LogP contribution >= 0.6 is 24.0 Å². The number of halogens is 3. The zero-order valence-electron chi connectivity index (χ0n) is 8.37. The van der Waals surface area contributed by atoms with Crippen molar-refractivity contribution < 1.29 is 18.0 Å². The lowest BCUT2D eigenvalue weighted by Crippen LogP contribution is -2.38. The quantitative estimate of drug-likeness (QED) is 0.581. The number of rotatable bonds is 1. The molecule has 0 radical (unpaired) electrons. The second-order valence-corrected chi connectivity index (χ2v) is 5.05. The second kappa shape index (κ2) is 4.66. The summed E-state index contributed by atoms with van der Waals surface area (Å²) >= 11 is 6.17. The highest BCUT2D eigenvalue weighted by Crippen LogP contribution is 2.28. The maximum absolute atomic E-state index is 13.0. The van der Waals surface area contributed by atoms with Crippen LogP contribution in [0.25, 0.3) is 0 Å². The first kappa shape index (κ1) is 12.4. The van der Waals surface area contributed by atoms with Crippen molar-refractivity contribution in [2.75, 3.05) is 10.7 Å². The van der Waals surface area contributed by atoms with Gasteiger partial charge in [0, 0.05) is 24.3 Å². The van der Waals surface area contributed by atoms with Crippen LogP contribution in [0.5, 0.6) is 0 Å². The minimum absolute atomic E-state index is 0.0800. The molecule has 2 rings (SSSR count). The molecular formula is C10H6F3NOS2. The highest BCUT2D eigenvalue weighted by Gasteiger charge is 2.27. The molecule has 0 aliphatic carbocycles. The maximum Gasteiger partial charge on any atom is 0.233 e. The molecule has 0 unspecified atom stereocenters. The van der Waals surface area contributed by atoms with Gasteiger partial charge in [0.15, 0.2) is 17.5 Å². The third-order valence-electron chi connectivity index (χ3n) is 2.20. The van der Waals surface area contributed by atoms with Gasteiger partial charge in [-0.3, -0.25) is 9.69 Å². The van der Waals surface area contributed by atoms with E-state index >= 15 is 0 Å². The van der Waals surface area contributed by atoms with E-state index in [-0.39, 0.29) is 22.3 Å². The summed E-state index contributed by atoms with van der Waals surface area (Å²) in [6.45, 7) is 0. The molecule has 0 N–H and O–H groups in total. The van der Waals surface area contributed by atoms with E-state index in [0.29, 0.717) is 5.75 Å². The van der Waals surface area contributed by atoms with Crippen LogP contribution in [-0.4, -0.2) is 16.0 Å². The van der Waals surface area contributed by atoms with Gasteiger partial charge in [-0.2, -0.15) is 0 Å². The number of benzene rings is 1. The van der Waals surface area contributed by atoms with Crippen LogP contribution < -0.4 is 4.90 Å². The molecular weight excluding hydrogens is 271 g/mol. The van der Waals surface area contributed by atoms with Crippen molar-refractivity contribution in [1.29, 1.82) is 0 Å². The predicted molar refractivity (Wildman–Crippen MR) is 63.5 cm³/mol. The molecule has 0 saturated carbocycles. The lowest BCUT2D eigenvalue weighted by molar-refractivity contribution is -0.117. The summed E-state index contributed by atoms with van der Waals surface area (Å²) in [6.07, 6.45) is 0.228. The molecule has 7 heteroatoms. The van der Waals surface area contributed by atoms with Crippen molar-refractivity contribution in [1.82, 2.24) is 0 Å². The zero-order valence-corrected chi connectivity index (χ0v) is 10.0. The minimum Gasteiger partial charge on any atom is -0.274 e.